The maximum Gasteiger partial charge on any atom is 0.160 e. The summed E-state index contributed by atoms with van der Waals surface area (Å²) < 4.78 is 10.5. The number of hydrogen-bond donors (Lipinski definition) is 1. The minimum Gasteiger partial charge on any atom is -0.508 e. The van der Waals surface area contributed by atoms with Gasteiger partial charge in [-0.2, -0.15) is 0 Å². The number of aryl methyl sites for hydroxylation is 2. The average Bonchev–Trinajstić information content (AvgIpc) is 2.45. The lowest BCUT2D eigenvalue weighted by Gasteiger charge is -2.09. The summed E-state index contributed by atoms with van der Waals surface area (Å²) in [6.45, 7) is 0. The summed E-state index contributed by atoms with van der Waals surface area (Å²) in [6, 6.07) is 13.3. The molecule has 0 saturated heterocycles. The summed E-state index contributed by atoms with van der Waals surface area (Å²) in [5, 5.41) is 9.42. The van der Waals surface area contributed by atoms with Crippen molar-refractivity contribution in [3.05, 3.63) is 53.6 Å². The van der Waals surface area contributed by atoms with Gasteiger partial charge >= 0.3 is 0 Å². The maximum atomic E-state index is 9.42. The number of phenolic OH excluding ortho intramolecular Hbond substituents is 1. The Labute approximate surface area is 113 Å². The number of methoxy groups -OCH3 is 2. The molecule has 100 valence electrons. The zero-order chi connectivity index (χ0) is 13.7. The third kappa shape index (κ3) is 3.41. The molecule has 0 unspecified atom stereocenters. The number of rotatable bonds is 5. The largest absolute Gasteiger partial charge is 0.508 e. The molecule has 2 rings (SSSR count). The third-order valence-corrected chi connectivity index (χ3v) is 3.06. The lowest BCUT2D eigenvalue weighted by Crippen LogP contribution is -1.95. The standard InChI is InChI=1S/C16H18O3/c1-18-15-9-8-13(11-16(15)19-2)7-6-12-4-3-5-14(17)10-12/h3-5,8-11,17H,6-7H2,1-2H3. The first-order valence-corrected chi connectivity index (χ1v) is 6.21. The van der Waals surface area contributed by atoms with Crippen molar-refractivity contribution in [2.24, 2.45) is 0 Å². The predicted octanol–water partition coefficient (Wildman–Crippen LogP) is 3.19. The Kier molecular flexibility index (Phi) is 4.29. The van der Waals surface area contributed by atoms with Crippen molar-refractivity contribution in [1.82, 2.24) is 0 Å². The lowest BCUT2D eigenvalue weighted by molar-refractivity contribution is 0.354. The monoisotopic (exact) mass is 258 g/mol. The fourth-order valence-electron chi connectivity index (χ4n) is 2.04. The van der Waals surface area contributed by atoms with Crippen LogP contribution in [0, 0.1) is 0 Å². The SMILES string of the molecule is COc1ccc(CCc2cccc(O)c2)cc1OC. The number of ether oxygens (including phenoxy) is 2. The normalized spacial score (nSPS) is 10.2. The Morgan fingerprint density at radius 3 is 2.16 bits per heavy atom. The van der Waals surface area contributed by atoms with Crippen LogP contribution in [0.4, 0.5) is 0 Å². The lowest BCUT2D eigenvalue weighted by atomic mass is 10.0. The van der Waals surface area contributed by atoms with Crippen molar-refractivity contribution in [3.8, 4) is 17.2 Å². The van der Waals surface area contributed by atoms with Gasteiger partial charge in [0.2, 0.25) is 0 Å². The van der Waals surface area contributed by atoms with Gasteiger partial charge in [-0.1, -0.05) is 18.2 Å². The summed E-state index contributed by atoms with van der Waals surface area (Å²) in [4.78, 5) is 0. The molecule has 0 radical (unpaired) electrons. The second-order valence-corrected chi connectivity index (χ2v) is 4.36. The molecular weight excluding hydrogens is 240 g/mol. The number of benzene rings is 2. The molecule has 0 heterocycles. The van der Waals surface area contributed by atoms with Crippen molar-refractivity contribution in [1.29, 1.82) is 0 Å². The highest BCUT2D eigenvalue weighted by atomic mass is 16.5. The van der Waals surface area contributed by atoms with E-state index in [0.717, 1.165) is 29.9 Å². The molecule has 19 heavy (non-hydrogen) atoms. The van der Waals surface area contributed by atoms with Gasteiger partial charge < -0.3 is 14.6 Å². The molecular formula is C16H18O3. The molecule has 1 N–H and O–H groups in total. The molecule has 0 fully saturated rings. The second kappa shape index (κ2) is 6.14. The van der Waals surface area contributed by atoms with Crippen LogP contribution >= 0.6 is 0 Å². The quantitative estimate of drug-likeness (QED) is 0.895. The van der Waals surface area contributed by atoms with Crippen LogP contribution in [0.25, 0.3) is 0 Å². The van der Waals surface area contributed by atoms with E-state index in [0.29, 0.717) is 5.75 Å². The Bertz CT molecular complexity index is 549. The van der Waals surface area contributed by atoms with E-state index in [1.165, 1.54) is 5.56 Å². The van der Waals surface area contributed by atoms with E-state index in [9.17, 15) is 5.11 Å². The van der Waals surface area contributed by atoms with Crippen LogP contribution in [0.1, 0.15) is 11.1 Å². The van der Waals surface area contributed by atoms with Crippen LogP contribution in [0.5, 0.6) is 17.2 Å². The summed E-state index contributed by atoms with van der Waals surface area (Å²) in [5.74, 6) is 1.80. The van der Waals surface area contributed by atoms with Crippen LogP contribution in [-0.4, -0.2) is 19.3 Å². The van der Waals surface area contributed by atoms with E-state index in [4.69, 9.17) is 9.47 Å². The summed E-state index contributed by atoms with van der Waals surface area (Å²) >= 11 is 0. The van der Waals surface area contributed by atoms with Crippen LogP contribution in [0.3, 0.4) is 0 Å². The molecule has 3 heteroatoms. The minimum atomic E-state index is 0.310. The van der Waals surface area contributed by atoms with E-state index in [1.54, 1.807) is 26.4 Å². The van der Waals surface area contributed by atoms with Gasteiger partial charge in [-0.05, 0) is 48.2 Å². The van der Waals surface area contributed by atoms with Crippen LogP contribution < -0.4 is 9.47 Å². The van der Waals surface area contributed by atoms with Gasteiger partial charge in [0.1, 0.15) is 5.75 Å². The third-order valence-electron chi connectivity index (χ3n) is 3.06. The number of hydrogen-bond acceptors (Lipinski definition) is 3. The molecule has 0 aromatic heterocycles. The van der Waals surface area contributed by atoms with E-state index in [1.807, 2.05) is 30.3 Å². The van der Waals surface area contributed by atoms with Crippen LogP contribution in [-0.2, 0) is 12.8 Å². The van der Waals surface area contributed by atoms with Crippen molar-refractivity contribution < 1.29 is 14.6 Å². The molecule has 0 atom stereocenters. The smallest absolute Gasteiger partial charge is 0.160 e. The predicted molar refractivity (Wildman–Crippen MR) is 75.1 cm³/mol. The van der Waals surface area contributed by atoms with Crippen molar-refractivity contribution in [2.75, 3.05) is 14.2 Å². The summed E-state index contributed by atoms with van der Waals surface area (Å²) in [7, 11) is 3.27. The number of aromatic hydroxyl groups is 1. The Balaban J connectivity index is 2.07. The Hall–Kier alpha value is -2.16. The molecule has 0 aliphatic carbocycles. The molecule has 0 aliphatic heterocycles. The van der Waals surface area contributed by atoms with Gasteiger partial charge in [-0.25, -0.2) is 0 Å². The highest BCUT2D eigenvalue weighted by Gasteiger charge is 2.04. The summed E-state index contributed by atoms with van der Waals surface area (Å²) in [5.41, 5.74) is 2.30. The van der Waals surface area contributed by atoms with Gasteiger partial charge in [-0.15, -0.1) is 0 Å². The fraction of sp³-hybridized carbons (Fsp3) is 0.250. The fourth-order valence-corrected chi connectivity index (χ4v) is 2.04. The molecule has 0 amide bonds. The minimum absolute atomic E-state index is 0.310. The van der Waals surface area contributed by atoms with Crippen molar-refractivity contribution in [2.45, 2.75) is 12.8 Å². The van der Waals surface area contributed by atoms with E-state index in [-0.39, 0.29) is 0 Å². The number of phenols is 1. The van der Waals surface area contributed by atoms with Gasteiger partial charge in [0.05, 0.1) is 14.2 Å². The first-order valence-electron chi connectivity index (χ1n) is 6.21. The van der Waals surface area contributed by atoms with Gasteiger partial charge in [0.25, 0.3) is 0 Å². The Morgan fingerprint density at radius 2 is 1.53 bits per heavy atom. The van der Waals surface area contributed by atoms with Crippen molar-refractivity contribution >= 4 is 0 Å². The first kappa shape index (κ1) is 13.3. The molecule has 0 aliphatic rings. The average molecular weight is 258 g/mol. The molecule has 2 aromatic rings. The highest BCUT2D eigenvalue weighted by molar-refractivity contribution is 5.43. The molecule has 3 nitrogen and oxygen atoms in total. The van der Waals surface area contributed by atoms with E-state index >= 15 is 0 Å². The van der Waals surface area contributed by atoms with Crippen LogP contribution in [0.15, 0.2) is 42.5 Å². The van der Waals surface area contributed by atoms with Crippen LogP contribution in [0.2, 0.25) is 0 Å². The van der Waals surface area contributed by atoms with Gasteiger partial charge in [-0.3, -0.25) is 0 Å². The first-order chi connectivity index (χ1) is 9.22. The second-order valence-electron chi connectivity index (χ2n) is 4.36. The summed E-state index contributed by atoms with van der Waals surface area (Å²) in [6.07, 6.45) is 1.77. The molecule has 0 saturated carbocycles. The van der Waals surface area contributed by atoms with Crippen molar-refractivity contribution in [3.63, 3.8) is 0 Å². The molecule has 0 bridgehead atoms. The van der Waals surface area contributed by atoms with E-state index < -0.39 is 0 Å². The molecule has 0 spiro atoms. The van der Waals surface area contributed by atoms with E-state index in [2.05, 4.69) is 0 Å². The van der Waals surface area contributed by atoms with Gasteiger partial charge in [0, 0.05) is 0 Å². The van der Waals surface area contributed by atoms with Gasteiger partial charge in [0.15, 0.2) is 11.5 Å². The zero-order valence-corrected chi connectivity index (χ0v) is 11.2. The topological polar surface area (TPSA) is 38.7 Å². The maximum absolute atomic E-state index is 9.42. The Morgan fingerprint density at radius 1 is 0.842 bits per heavy atom. The molecule has 2 aromatic carbocycles. The highest BCUT2D eigenvalue weighted by Crippen LogP contribution is 2.28. The zero-order valence-electron chi connectivity index (χ0n) is 11.2.